The maximum absolute atomic E-state index is 2.53. The Labute approximate surface area is 275 Å². The SMILES string of the molecule is CC1(C)c2ccccc2-c2cc3c4cc(-c5ccccc5)ccc4n(C4=CC5c6ccccc6N(c6ccccc6)C5C=C4)c3cc21. The number of nitrogens with zero attached hydrogens (tertiary/aromatic N) is 2. The predicted molar refractivity (Wildman–Crippen MR) is 197 cm³/mol. The molecule has 0 saturated heterocycles. The fourth-order valence-corrected chi connectivity index (χ4v) is 8.68. The highest BCUT2D eigenvalue weighted by Gasteiger charge is 2.39. The Morgan fingerprint density at radius 3 is 2.15 bits per heavy atom. The highest BCUT2D eigenvalue weighted by molar-refractivity contribution is 6.13. The van der Waals surface area contributed by atoms with E-state index in [1.807, 2.05) is 0 Å². The summed E-state index contributed by atoms with van der Waals surface area (Å²) in [5.41, 5.74) is 15.6. The van der Waals surface area contributed by atoms with Gasteiger partial charge in [-0.3, -0.25) is 0 Å². The number of rotatable bonds is 3. The van der Waals surface area contributed by atoms with Crippen LogP contribution in [0.5, 0.6) is 0 Å². The highest BCUT2D eigenvalue weighted by atomic mass is 15.2. The van der Waals surface area contributed by atoms with Crippen LogP contribution < -0.4 is 4.90 Å². The number of benzene rings is 6. The summed E-state index contributed by atoms with van der Waals surface area (Å²) in [6.07, 6.45) is 7.31. The van der Waals surface area contributed by atoms with E-state index in [0.29, 0.717) is 0 Å². The number of allylic oxidation sites excluding steroid dienone is 2. The second-order valence-corrected chi connectivity index (χ2v) is 13.8. The van der Waals surface area contributed by atoms with E-state index in [9.17, 15) is 0 Å². The Hall–Kier alpha value is -5.60. The third-order valence-electron chi connectivity index (χ3n) is 10.9. The summed E-state index contributed by atoms with van der Waals surface area (Å²) >= 11 is 0. The third-order valence-corrected chi connectivity index (χ3v) is 10.9. The zero-order valence-electron chi connectivity index (χ0n) is 26.6. The lowest BCUT2D eigenvalue weighted by atomic mass is 9.82. The molecule has 2 nitrogen and oxygen atoms in total. The zero-order valence-corrected chi connectivity index (χ0v) is 26.6. The molecule has 0 fully saturated rings. The van der Waals surface area contributed by atoms with Gasteiger partial charge in [0.1, 0.15) is 0 Å². The van der Waals surface area contributed by atoms with E-state index in [1.54, 1.807) is 0 Å². The van der Waals surface area contributed by atoms with E-state index in [2.05, 4.69) is 181 Å². The molecular formula is C45H34N2. The first kappa shape index (κ1) is 26.6. The fourth-order valence-electron chi connectivity index (χ4n) is 8.68. The van der Waals surface area contributed by atoms with Gasteiger partial charge in [0.2, 0.25) is 0 Å². The first-order valence-corrected chi connectivity index (χ1v) is 16.7. The van der Waals surface area contributed by atoms with Gasteiger partial charge < -0.3 is 9.47 Å². The van der Waals surface area contributed by atoms with Crippen molar-refractivity contribution >= 4 is 38.9 Å². The van der Waals surface area contributed by atoms with Crippen molar-refractivity contribution in [1.29, 1.82) is 0 Å². The summed E-state index contributed by atoms with van der Waals surface area (Å²) in [4.78, 5) is 2.51. The molecule has 1 aromatic heterocycles. The number of aromatic nitrogens is 1. The Morgan fingerprint density at radius 2 is 1.30 bits per heavy atom. The van der Waals surface area contributed by atoms with Crippen LogP contribution in [0.3, 0.4) is 0 Å². The van der Waals surface area contributed by atoms with E-state index in [0.717, 1.165) is 0 Å². The summed E-state index contributed by atoms with van der Waals surface area (Å²) in [6.45, 7) is 4.75. The van der Waals surface area contributed by atoms with E-state index in [-0.39, 0.29) is 17.4 Å². The quantitative estimate of drug-likeness (QED) is 0.195. The molecule has 2 heterocycles. The molecule has 2 unspecified atom stereocenters. The van der Waals surface area contributed by atoms with Crippen LogP contribution in [-0.2, 0) is 5.41 Å². The molecule has 7 aromatic rings. The van der Waals surface area contributed by atoms with Crippen molar-refractivity contribution in [2.24, 2.45) is 0 Å². The molecule has 2 atom stereocenters. The highest BCUT2D eigenvalue weighted by Crippen LogP contribution is 2.52. The van der Waals surface area contributed by atoms with E-state index >= 15 is 0 Å². The Balaban J connectivity index is 1.22. The van der Waals surface area contributed by atoms with Crippen LogP contribution in [0.2, 0.25) is 0 Å². The topological polar surface area (TPSA) is 8.17 Å². The molecule has 3 aliphatic rings. The molecule has 2 heteroatoms. The van der Waals surface area contributed by atoms with Gasteiger partial charge in [-0.2, -0.15) is 0 Å². The van der Waals surface area contributed by atoms with Crippen molar-refractivity contribution < 1.29 is 0 Å². The van der Waals surface area contributed by atoms with Crippen LogP contribution >= 0.6 is 0 Å². The van der Waals surface area contributed by atoms with Gasteiger partial charge in [-0.25, -0.2) is 0 Å². The second-order valence-electron chi connectivity index (χ2n) is 13.8. The van der Waals surface area contributed by atoms with E-state index in [4.69, 9.17) is 0 Å². The number of hydrogen-bond donors (Lipinski definition) is 0. The van der Waals surface area contributed by atoms with Crippen molar-refractivity contribution in [3.05, 3.63) is 174 Å². The lowest BCUT2D eigenvalue weighted by Gasteiger charge is -2.30. The molecule has 0 amide bonds. The smallest absolute Gasteiger partial charge is 0.0631 e. The summed E-state index contributed by atoms with van der Waals surface area (Å²) in [7, 11) is 0. The van der Waals surface area contributed by atoms with E-state index < -0.39 is 0 Å². The number of anilines is 2. The van der Waals surface area contributed by atoms with Crippen molar-refractivity contribution in [2.75, 3.05) is 4.90 Å². The summed E-state index contributed by atoms with van der Waals surface area (Å²) in [5.74, 6) is 0.248. The minimum atomic E-state index is -0.0704. The maximum Gasteiger partial charge on any atom is 0.0631 e. The van der Waals surface area contributed by atoms with E-state index in [1.165, 1.54) is 77.8 Å². The standard InChI is InChI=1S/C45H34N2/c1-45(2)39-19-11-9-17-33(39)35-27-38-36-25-30(29-13-5-3-6-14-29)21-23-42(36)47(44(38)28-40(35)45)32-22-24-43-37(26-32)34-18-10-12-20-41(34)46(43)31-15-7-4-8-16-31/h3-28,37,43H,1-2H3. The van der Waals surface area contributed by atoms with Gasteiger partial charge in [-0.05, 0) is 87.5 Å². The molecule has 2 aliphatic carbocycles. The molecule has 0 radical (unpaired) electrons. The molecule has 224 valence electrons. The first-order chi connectivity index (χ1) is 23.1. The largest absolute Gasteiger partial charge is 0.333 e. The van der Waals surface area contributed by atoms with Gasteiger partial charge in [-0.15, -0.1) is 0 Å². The van der Waals surface area contributed by atoms with Crippen molar-refractivity contribution in [2.45, 2.75) is 31.2 Å². The van der Waals surface area contributed by atoms with Crippen LogP contribution in [0, 0.1) is 0 Å². The van der Waals surface area contributed by atoms with Gasteiger partial charge in [0.25, 0.3) is 0 Å². The van der Waals surface area contributed by atoms with Crippen LogP contribution in [0.4, 0.5) is 11.4 Å². The molecule has 47 heavy (non-hydrogen) atoms. The third kappa shape index (κ3) is 3.73. The second kappa shape index (κ2) is 9.70. The molecular weight excluding hydrogens is 569 g/mol. The fraction of sp³-hybridized carbons (Fsp3) is 0.111. The monoisotopic (exact) mass is 602 g/mol. The minimum Gasteiger partial charge on any atom is -0.333 e. The lowest BCUT2D eigenvalue weighted by molar-refractivity contribution is 0.661. The average molecular weight is 603 g/mol. The maximum atomic E-state index is 2.53. The number of fused-ring (bicyclic) bond motifs is 9. The Morgan fingerprint density at radius 1 is 0.574 bits per heavy atom. The molecule has 10 rings (SSSR count). The predicted octanol–water partition coefficient (Wildman–Crippen LogP) is 11.5. The lowest BCUT2D eigenvalue weighted by Crippen LogP contribution is -2.29. The molecule has 0 N–H and O–H groups in total. The number of para-hydroxylation sites is 2. The van der Waals surface area contributed by atoms with Crippen molar-refractivity contribution in [1.82, 2.24) is 4.57 Å². The molecule has 6 aromatic carbocycles. The molecule has 0 bridgehead atoms. The van der Waals surface area contributed by atoms with Crippen LogP contribution in [0.1, 0.15) is 36.5 Å². The Kier molecular flexibility index (Phi) is 5.49. The molecule has 1 aliphatic heterocycles. The first-order valence-electron chi connectivity index (χ1n) is 16.7. The van der Waals surface area contributed by atoms with Gasteiger partial charge in [-0.1, -0.05) is 123 Å². The van der Waals surface area contributed by atoms with Crippen molar-refractivity contribution in [3.63, 3.8) is 0 Å². The molecule has 0 spiro atoms. The summed E-state index contributed by atoms with van der Waals surface area (Å²) < 4.78 is 2.53. The van der Waals surface area contributed by atoms with Crippen molar-refractivity contribution in [3.8, 4) is 22.3 Å². The normalized spacial score (nSPS) is 18.6. The summed E-state index contributed by atoms with van der Waals surface area (Å²) in [6, 6.07) is 51.7. The van der Waals surface area contributed by atoms with Crippen LogP contribution in [0.25, 0.3) is 49.8 Å². The van der Waals surface area contributed by atoms with Crippen LogP contribution in [0.15, 0.2) is 158 Å². The minimum absolute atomic E-state index is 0.0704. The zero-order chi connectivity index (χ0) is 31.3. The van der Waals surface area contributed by atoms with Gasteiger partial charge in [0, 0.05) is 39.2 Å². The van der Waals surface area contributed by atoms with Gasteiger partial charge in [0.15, 0.2) is 0 Å². The van der Waals surface area contributed by atoms with Crippen LogP contribution in [-0.4, -0.2) is 10.6 Å². The van der Waals surface area contributed by atoms with Gasteiger partial charge in [0.05, 0.1) is 17.1 Å². The summed E-state index contributed by atoms with van der Waals surface area (Å²) in [5, 5.41) is 2.60. The Bertz CT molecular complexity index is 2440. The average Bonchev–Trinajstić information content (AvgIpc) is 3.71. The molecule has 0 saturated carbocycles. The number of hydrogen-bond acceptors (Lipinski definition) is 1. The van der Waals surface area contributed by atoms with Gasteiger partial charge >= 0.3 is 0 Å².